The lowest BCUT2D eigenvalue weighted by Crippen LogP contribution is -2.35. The average Bonchev–Trinajstić information content (AvgIpc) is 2.66. The van der Waals surface area contributed by atoms with Crippen molar-refractivity contribution in [2.75, 3.05) is 37.7 Å². The van der Waals surface area contributed by atoms with Crippen LogP contribution in [0.2, 0.25) is 0 Å². The normalized spacial score (nSPS) is 16.2. The molecule has 0 unspecified atom stereocenters. The topological polar surface area (TPSA) is 58.4 Å². The summed E-state index contributed by atoms with van der Waals surface area (Å²) in [6.07, 6.45) is 1.02. The van der Waals surface area contributed by atoms with Gasteiger partial charge in [0.2, 0.25) is 5.91 Å². The van der Waals surface area contributed by atoms with Gasteiger partial charge in [-0.1, -0.05) is 15.9 Å². The summed E-state index contributed by atoms with van der Waals surface area (Å²) in [5.74, 6) is 0.641. The Kier molecular flexibility index (Phi) is 5.54. The number of rotatable bonds is 3. The molecule has 1 heterocycles. The maximum Gasteiger partial charge on any atom is 0.232 e. The molecule has 1 aromatic rings. The minimum atomic E-state index is 0.191. The van der Waals surface area contributed by atoms with Gasteiger partial charge in [-0.3, -0.25) is 4.79 Å². The van der Waals surface area contributed by atoms with E-state index in [0.717, 1.165) is 42.0 Å². The van der Waals surface area contributed by atoms with Crippen molar-refractivity contribution in [3.05, 3.63) is 22.7 Å². The third-order valence-electron chi connectivity index (χ3n) is 3.02. The second kappa shape index (κ2) is 7.17. The van der Waals surface area contributed by atoms with E-state index in [9.17, 15) is 4.79 Å². The predicted octanol–water partition coefficient (Wildman–Crippen LogP) is 1.95. The standard InChI is InChI=1S/C13H18BrN3OS/c14-10-2-3-12(11(15)8-10)19-9-13(18)17-6-1-4-16-5-7-17/h2-3,8,16H,1,4-7,9,15H2. The summed E-state index contributed by atoms with van der Waals surface area (Å²) in [7, 11) is 0. The first-order valence-corrected chi connectivity index (χ1v) is 8.11. The number of benzene rings is 1. The molecule has 1 aromatic carbocycles. The van der Waals surface area contributed by atoms with Crippen molar-refractivity contribution in [2.24, 2.45) is 0 Å². The lowest BCUT2D eigenvalue weighted by molar-refractivity contribution is -0.128. The molecule has 0 aromatic heterocycles. The van der Waals surface area contributed by atoms with Gasteiger partial charge in [0, 0.05) is 34.7 Å². The highest BCUT2D eigenvalue weighted by molar-refractivity contribution is 9.10. The summed E-state index contributed by atoms with van der Waals surface area (Å²) in [6, 6.07) is 5.75. The number of anilines is 1. The maximum atomic E-state index is 12.1. The molecule has 0 atom stereocenters. The molecule has 1 saturated heterocycles. The van der Waals surface area contributed by atoms with Crippen LogP contribution in [0, 0.1) is 0 Å². The van der Waals surface area contributed by atoms with Crippen molar-refractivity contribution in [3.8, 4) is 0 Å². The average molecular weight is 344 g/mol. The maximum absolute atomic E-state index is 12.1. The van der Waals surface area contributed by atoms with Gasteiger partial charge >= 0.3 is 0 Å². The van der Waals surface area contributed by atoms with E-state index in [1.807, 2.05) is 23.1 Å². The first-order valence-electron chi connectivity index (χ1n) is 6.33. The number of nitrogens with zero attached hydrogens (tertiary/aromatic N) is 1. The molecule has 1 aliphatic rings. The molecule has 104 valence electrons. The third kappa shape index (κ3) is 4.40. The Morgan fingerprint density at radius 1 is 1.42 bits per heavy atom. The summed E-state index contributed by atoms with van der Waals surface area (Å²) in [6.45, 7) is 3.53. The number of hydrogen-bond donors (Lipinski definition) is 2. The van der Waals surface area contributed by atoms with E-state index in [1.165, 1.54) is 11.8 Å². The van der Waals surface area contributed by atoms with Crippen molar-refractivity contribution in [3.63, 3.8) is 0 Å². The van der Waals surface area contributed by atoms with Crippen molar-refractivity contribution in [1.82, 2.24) is 10.2 Å². The molecule has 3 N–H and O–H groups in total. The quantitative estimate of drug-likeness (QED) is 0.650. The number of thioether (sulfide) groups is 1. The Balaban J connectivity index is 1.88. The fourth-order valence-electron chi connectivity index (χ4n) is 1.98. The van der Waals surface area contributed by atoms with Crippen LogP contribution in [0.1, 0.15) is 6.42 Å². The number of carbonyl (C=O) groups is 1. The zero-order valence-corrected chi connectivity index (χ0v) is 13.1. The van der Waals surface area contributed by atoms with Crippen LogP contribution in [0.3, 0.4) is 0 Å². The van der Waals surface area contributed by atoms with Gasteiger partial charge in [-0.2, -0.15) is 0 Å². The van der Waals surface area contributed by atoms with Crippen molar-refractivity contribution in [2.45, 2.75) is 11.3 Å². The number of amides is 1. The Morgan fingerprint density at radius 3 is 3.05 bits per heavy atom. The first-order chi connectivity index (χ1) is 9.16. The van der Waals surface area contributed by atoms with Crippen molar-refractivity contribution < 1.29 is 4.79 Å². The van der Waals surface area contributed by atoms with Crippen LogP contribution in [-0.4, -0.2) is 42.7 Å². The van der Waals surface area contributed by atoms with Gasteiger partial charge in [-0.15, -0.1) is 11.8 Å². The van der Waals surface area contributed by atoms with E-state index in [1.54, 1.807) is 0 Å². The molecule has 0 aliphatic carbocycles. The van der Waals surface area contributed by atoms with Gasteiger partial charge in [0.05, 0.1) is 5.75 Å². The lowest BCUT2D eigenvalue weighted by Gasteiger charge is -2.19. The molecule has 0 spiro atoms. The van der Waals surface area contributed by atoms with E-state index < -0.39 is 0 Å². The molecule has 0 bridgehead atoms. The minimum absolute atomic E-state index is 0.191. The highest BCUT2D eigenvalue weighted by Gasteiger charge is 2.15. The Morgan fingerprint density at radius 2 is 2.26 bits per heavy atom. The second-order valence-corrected chi connectivity index (χ2v) is 6.39. The minimum Gasteiger partial charge on any atom is -0.398 e. The van der Waals surface area contributed by atoms with Gasteiger partial charge < -0.3 is 16.0 Å². The molecule has 0 saturated carbocycles. The highest BCUT2D eigenvalue weighted by Crippen LogP contribution is 2.27. The Hall–Kier alpha value is -0.720. The molecule has 19 heavy (non-hydrogen) atoms. The molecule has 0 radical (unpaired) electrons. The van der Waals surface area contributed by atoms with Crippen molar-refractivity contribution in [1.29, 1.82) is 0 Å². The van der Waals surface area contributed by atoms with Gasteiger partial charge in [-0.05, 0) is 31.2 Å². The summed E-state index contributed by atoms with van der Waals surface area (Å²) < 4.78 is 0.958. The molecule has 1 amide bonds. The molecule has 2 rings (SSSR count). The molecule has 1 aliphatic heterocycles. The fraction of sp³-hybridized carbons (Fsp3) is 0.462. The molecule has 1 fully saturated rings. The summed E-state index contributed by atoms with van der Waals surface area (Å²) >= 11 is 4.88. The number of nitrogens with one attached hydrogen (secondary N) is 1. The summed E-state index contributed by atoms with van der Waals surface area (Å²) in [5.41, 5.74) is 6.64. The third-order valence-corrected chi connectivity index (χ3v) is 4.58. The predicted molar refractivity (Wildman–Crippen MR) is 83.3 cm³/mol. The van der Waals surface area contributed by atoms with Crippen LogP contribution < -0.4 is 11.1 Å². The molecule has 4 nitrogen and oxygen atoms in total. The van der Waals surface area contributed by atoms with E-state index in [0.29, 0.717) is 11.4 Å². The second-order valence-electron chi connectivity index (χ2n) is 4.46. The lowest BCUT2D eigenvalue weighted by atomic mass is 10.3. The Labute approximate surface area is 126 Å². The number of nitrogen functional groups attached to an aromatic ring is 1. The van der Waals surface area contributed by atoms with Crippen molar-refractivity contribution >= 4 is 39.3 Å². The van der Waals surface area contributed by atoms with Crippen LogP contribution in [0.25, 0.3) is 0 Å². The largest absolute Gasteiger partial charge is 0.398 e. The van der Waals surface area contributed by atoms with Gasteiger partial charge in [-0.25, -0.2) is 0 Å². The number of carbonyl (C=O) groups excluding carboxylic acids is 1. The SMILES string of the molecule is Nc1cc(Br)ccc1SCC(=O)N1CCCNCC1. The van der Waals surface area contributed by atoms with Gasteiger partial charge in [0.1, 0.15) is 0 Å². The number of halogens is 1. The Bertz CT molecular complexity index is 448. The van der Waals surface area contributed by atoms with E-state index in [-0.39, 0.29) is 5.91 Å². The first kappa shape index (κ1) is 14.7. The highest BCUT2D eigenvalue weighted by atomic mass is 79.9. The van der Waals surface area contributed by atoms with E-state index in [4.69, 9.17) is 5.73 Å². The smallest absolute Gasteiger partial charge is 0.232 e. The summed E-state index contributed by atoms with van der Waals surface area (Å²) in [5, 5.41) is 3.30. The number of hydrogen-bond acceptors (Lipinski definition) is 4. The van der Waals surface area contributed by atoms with Gasteiger partial charge in [0.15, 0.2) is 0 Å². The fourth-order valence-corrected chi connectivity index (χ4v) is 3.21. The zero-order valence-electron chi connectivity index (χ0n) is 10.7. The monoisotopic (exact) mass is 343 g/mol. The summed E-state index contributed by atoms with van der Waals surface area (Å²) in [4.78, 5) is 15.0. The van der Waals surface area contributed by atoms with Crippen LogP contribution >= 0.6 is 27.7 Å². The van der Waals surface area contributed by atoms with Crippen LogP contribution in [0.5, 0.6) is 0 Å². The molecular formula is C13H18BrN3OS. The number of nitrogens with two attached hydrogens (primary N) is 1. The van der Waals surface area contributed by atoms with Crippen LogP contribution in [-0.2, 0) is 4.79 Å². The van der Waals surface area contributed by atoms with E-state index in [2.05, 4.69) is 21.2 Å². The molecular weight excluding hydrogens is 326 g/mol. The van der Waals surface area contributed by atoms with Crippen LogP contribution in [0.4, 0.5) is 5.69 Å². The zero-order chi connectivity index (χ0) is 13.7. The van der Waals surface area contributed by atoms with E-state index >= 15 is 0 Å². The van der Waals surface area contributed by atoms with Gasteiger partial charge in [0.25, 0.3) is 0 Å². The van der Waals surface area contributed by atoms with Crippen LogP contribution in [0.15, 0.2) is 27.6 Å². The molecule has 6 heteroatoms.